The molecule has 3 aromatic rings. The number of carbonyl (C=O) groups is 2. The molecule has 1 aromatic carbocycles. The molecule has 0 aliphatic heterocycles. The third-order valence-corrected chi connectivity index (χ3v) is 6.03. The maximum absolute atomic E-state index is 12.7. The van der Waals surface area contributed by atoms with Gasteiger partial charge in [0.25, 0.3) is 0 Å². The minimum atomic E-state index is -1.05. The number of benzene rings is 1. The summed E-state index contributed by atoms with van der Waals surface area (Å²) in [6, 6.07) is 1.06. The Kier molecular flexibility index (Phi) is 6.53. The predicted octanol–water partition coefficient (Wildman–Crippen LogP) is 4.47. The van der Waals surface area contributed by atoms with Gasteiger partial charge in [0.1, 0.15) is 23.0 Å². The molecule has 1 atom stereocenters. The van der Waals surface area contributed by atoms with Gasteiger partial charge >= 0.3 is 11.6 Å². The fraction of sp³-hybridized carbons (Fsp3) is 0.458. The summed E-state index contributed by atoms with van der Waals surface area (Å²) in [6.45, 7) is 9.57. The van der Waals surface area contributed by atoms with Crippen molar-refractivity contribution in [2.75, 3.05) is 0 Å². The lowest BCUT2D eigenvalue weighted by Gasteiger charge is -2.14. The van der Waals surface area contributed by atoms with Gasteiger partial charge in [-0.15, -0.1) is 0 Å². The van der Waals surface area contributed by atoms with Gasteiger partial charge in [-0.2, -0.15) is 0 Å². The van der Waals surface area contributed by atoms with E-state index in [-0.39, 0.29) is 12.8 Å². The van der Waals surface area contributed by atoms with Crippen molar-refractivity contribution in [2.45, 2.75) is 72.8 Å². The van der Waals surface area contributed by atoms with Gasteiger partial charge in [0.15, 0.2) is 0 Å². The number of aliphatic carboxylic acids is 1. The van der Waals surface area contributed by atoms with Gasteiger partial charge in [0, 0.05) is 28.3 Å². The van der Waals surface area contributed by atoms with E-state index in [1.807, 2.05) is 40.7 Å². The molecule has 0 aliphatic carbocycles. The first-order valence-corrected chi connectivity index (χ1v) is 10.6. The first kappa shape index (κ1) is 22.6. The molecular weight excluding hydrogens is 398 g/mol. The number of fused-ring (bicyclic) bond motifs is 2. The zero-order valence-corrected chi connectivity index (χ0v) is 18.7. The van der Waals surface area contributed by atoms with E-state index in [9.17, 15) is 19.5 Å². The molecule has 7 heteroatoms. The zero-order chi connectivity index (χ0) is 22.9. The van der Waals surface area contributed by atoms with Crippen LogP contribution < -0.4 is 10.9 Å². The molecule has 166 valence electrons. The van der Waals surface area contributed by atoms with E-state index in [0.717, 1.165) is 39.6 Å². The molecule has 1 amide bonds. The van der Waals surface area contributed by atoms with E-state index in [0.29, 0.717) is 29.6 Å². The van der Waals surface area contributed by atoms with E-state index in [2.05, 4.69) is 5.32 Å². The van der Waals surface area contributed by atoms with Crippen LogP contribution in [0.15, 0.2) is 19.7 Å². The van der Waals surface area contributed by atoms with Crippen molar-refractivity contribution < 1.29 is 23.5 Å². The molecular formula is C24H29NO6. The number of amides is 1. The number of rotatable bonds is 8. The van der Waals surface area contributed by atoms with Crippen molar-refractivity contribution >= 4 is 33.8 Å². The van der Waals surface area contributed by atoms with Crippen molar-refractivity contribution in [2.24, 2.45) is 0 Å². The number of nitrogens with one attached hydrogen (secondary N) is 1. The highest BCUT2D eigenvalue weighted by molar-refractivity contribution is 6.00. The molecule has 31 heavy (non-hydrogen) atoms. The topological polar surface area (TPSA) is 110 Å². The van der Waals surface area contributed by atoms with Crippen LogP contribution in [0.25, 0.3) is 21.9 Å². The maximum Gasteiger partial charge on any atom is 0.339 e. The van der Waals surface area contributed by atoms with Gasteiger partial charge in [-0.05, 0) is 57.7 Å². The van der Waals surface area contributed by atoms with Crippen LogP contribution in [0.1, 0.15) is 60.6 Å². The lowest BCUT2D eigenvalue weighted by molar-refractivity contribution is -0.142. The number of carbonyl (C=O) groups excluding carboxylic acids is 1. The van der Waals surface area contributed by atoms with Crippen molar-refractivity contribution in [3.05, 3.63) is 44.5 Å². The highest BCUT2D eigenvalue weighted by atomic mass is 16.4. The van der Waals surface area contributed by atoms with Gasteiger partial charge in [0.05, 0.1) is 0 Å². The Hall–Kier alpha value is -3.09. The summed E-state index contributed by atoms with van der Waals surface area (Å²) in [5.41, 5.74) is 3.72. The van der Waals surface area contributed by atoms with Gasteiger partial charge in [-0.1, -0.05) is 19.8 Å². The molecule has 2 N–H and O–H groups in total. The molecule has 0 aliphatic rings. The predicted molar refractivity (Wildman–Crippen MR) is 119 cm³/mol. The van der Waals surface area contributed by atoms with Crippen molar-refractivity contribution in [1.29, 1.82) is 0 Å². The average molecular weight is 427 g/mol. The van der Waals surface area contributed by atoms with Crippen LogP contribution in [-0.4, -0.2) is 23.0 Å². The van der Waals surface area contributed by atoms with E-state index in [1.165, 1.54) is 0 Å². The Morgan fingerprint density at radius 2 is 1.68 bits per heavy atom. The molecule has 2 aromatic heterocycles. The molecule has 7 nitrogen and oxygen atoms in total. The number of carboxylic acids is 1. The molecule has 0 bridgehead atoms. The molecule has 0 saturated carbocycles. The summed E-state index contributed by atoms with van der Waals surface area (Å²) in [4.78, 5) is 36.4. The van der Waals surface area contributed by atoms with Gasteiger partial charge in [-0.25, -0.2) is 9.59 Å². The number of hydrogen-bond acceptors (Lipinski definition) is 5. The van der Waals surface area contributed by atoms with Crippen molar-refractivity contribution in [3.63, 3.8) is 0 Å². The monoisotopic (exact) mass is 427 g/mol. The Morgan fingerprint density at radius 3 is 2.32 bits per heavy atom. The molecule has 0 fully saturated rings. The summed E-state index contributed by atoms with van der Waals surface area (Å²) >= 11 is 0. The van der Waals surface area contributed by atoms with Crippen molar-refractivity contribution in [3.8, 4) is 0 Å². The molecule has 3 rings (SSSR count). The largest absolute Gasteiger partial charge is 0.480 e. The van der Waals surface area contributed by atoms with Crippen LogP contribution in [0.2, 0.25) is 0 Å². The number of furan rings is 1. The molecule has 0 radical (unpaired) electrons. The first-order chi connectivity index (χ1) is 14.6. The molecule has 0 spiro atoms. The van der Waals surface area contributed by atoms with Crippen LogP contribution in [-0.2, 0) is 16.0 Å². The quantitative estimate of drug-likeness (QED) is 0.514. The van der Waals surface area contributed by atoms with Gasteiger partial charge in [-0.3, -0.25) is 4.79 Å². The maximum atomic E-state index is 12.7. The summed E-state index contributed by atoms with van der Waals surface area (Å²) in [6.07, 6.45) is 2.13. The SMILES string of the molecule is CCCCC(NC(=O)CCc1c(C)c2cc3c(C)c(C)oc3c(C)c2oc1=O)C(=O)O. The number of hydrogen-bond donors (Lipinski definition) is 2. The lowest BCUT2D eigenvalue weighted by Crippen LogP contribution is -2.40. The summed E-state index contributed by atoms with van der Waals surface area (Å²) in [5.74, 6) is -0.620. The van der Waals surface area contributed by atoms with Crippen LogP contribution in [0, 0.1) is 27.7 Å². The Balaban J connectivity index is 1.90. The number of aryl methyl sites for hydroxylation is 4. The minimum Gasteiger partial charge on any atom is -0.480 e. The summed E-state index contributed by atoms with van der Waals surface area (Å²) in [7, 11) is 0. The van der Waals surface area contributed by atoms with E-state index < -0.39 is 23.5 Å². The summed E-state index contributed by atoms with van der Waals surface area (Å²) < 4.78 is 11.5. The Bertz CT molecular complexity index is 1220. The van der Waals surface area contributed by atoms with Crippen LogP contribution in [0.4, 0.5) is 0 Å². The highest BCUT2D eigenvalue weighted by Crippen LogP contribution is 2.34. The van der Waals surface area contributed by atoms with E-state index in [4.69, 9.17) is 8.83 Å². The van der Waals surface area contributed by atoms with Crippen LogP contribution in [0.3, 0.4) is 0 Å². The third-order valence-electron chi connectivity index (χ3n) is 6.03. The lowest BCUT2D eigenvalue weighted by atomic mass is 9.98. The molecule has 2 heterocycles. The standard InChI is InChI=1S/C24H29NO6/c1-6-7-8-19(23(27)28)25-20(26)10-9-16-13(3)18-11-17-12(2)15(5)30-21(17)14(4)22(18)31-24(16)29/h11,19H,6-10H2,1-5H3,(H,25,26)(H,27,28). The third kappa shape index (κ3) is 4.36. The van der Waals surface area contributed by atoms with Gasteiger partial charge < -0.3 is 19.3 Å². The highest BCUT2D eigenvalue weighted by Gasteiger charge is 2.21. The van der Waals surface area contributed by atoms with Crippen molar-refractivity contribution in [1.82, 2.24) is 5.32 Å². The fourth-order valence-electron chi connectivity index (χ4n) is 3.95. The normalized spacial score (nSPS) is 12.4. The van der Waals surface area contributed by atoms with Gasteiger partial charge in [0.2, 0.25) is 5.91 Å². The second kappa shape index (κ2) is 8.96. The molecule has 1 unspecified atom stereocenters. The fourth-order valence-corrected chi connectivity index (χ4v) is 3.95. The van der Waals surface area contributed by atoms with Crippen LogP contribution >= 0.6 is 0 Å². The Labute approximate surface area is 180 Å². The Morgan fingerprint density at radius 1 is 1.03 bits per heavy atom. The molecule has 0 saturated heterocycles. The number of unbranched alkanes of at least 4 members (excludes halogenated alkanes) is 1. The van der Waals surface area contributed by atoms with E-state index >= 15 is 0 Å². The van der Waals surface area contributed by atoms with Crippen LogP contribution in [0.5, 0.6) is 0 Å². The minimum absolute atomic E-state index is 0.0120. The summed E-state index contributed by atoms with van der Waals surface area (Å²) in [5, 5.41) is 13.6. The first-order valence-electron chi connectivity index (χ1n) is 10.6. The zero-order valence-electron chi connectivity index (χ0n) is 18.7. The second-order valence-corrected chi connectivity index (χ2v) is 8.13. The smallest absolute Gasteiger partial charge is 0.339 e. The van der Waals surface area contributed by atoms with E-state index in [1.54, 1.807) is 0 Å². The average Bonchev–Trinajstić information content (AvgIpc) is 3.00. The second-order valence-electron chi connectivity index (χ2n) is 8.13. The number of carboxylic acid groups (broad SMARTS) is 1.